The van der Waals surface area contributed by atoms with Crippen molar-refractivity contribution in [2.45, 2.75) is 13.0 Å². The first-order valence-electron chi connectivity index (χ1n) is 3.91. The molecule has 0 bridgehead atoms. The van der Waals surface area contributed by atoms with Crippen molar-refractivity contribution in [2.75, 3.05) is 0 Å². The van der Waals surface area contributed by atoms with Crippen LogP contribution in [0.2, 0.25) is 0 Å². The molecule has 1 N–H and O–H groups in total. The molecule has 0 fully saturated rings. The summed E-state index contributed by atoms with van der Waals surface area (Å²) in [6, 6.07) is 4.92. The molecule has 2 aromatic rings. The van der Waals surface area contributed by atoms with E-state index in [1.165, 1.54) is 6.07 Å². The molecule has 2 nitrogen and oxygen atoms in total. The van der Waals surface area contributed by atoms with Crippen molar-refractivity contribution in [1.29, 1.82) is 0 Å². The number of halogens is 1. The van der Waals surface area contributed by atoms with Gasteiger partial charge in [-0.15, -0.1) is 0 Å². The minimum atomic E-state index is -0.602. The molecular formula is C9H8FNOS. The van der Waals surface area contributed by atoms with E-state index in [2.05, 4.69) is 4.98 Å². The highest BCUT2D eigenvalue weighted by Crippen LogP contribution is 2.24. The maximum atomic E-state index is 12.8. The summed E-state index contributed by atoms with van der Waals surface area (Å²) in [6.07, 6.45) is -0.602. The molecule has 0 saturated heterocycles. The fourth-order valence-corrected chi connectivity index (χ4v) is 1.90. The van der Waals surface area contributed by atoms with Crippen LogP contribution in [-0.2, 0) is 0 Å². The molecule has 1 atom stereocenters. The van der Waals surface area contributed by atoms with Gasteiger partial charge in [0.15, 0.2) is 5.13 Å². The minimum Gasteiger partial charge on any atom is -0.387 e. The van der Waals surface area contributed by atoms with Crippen LogP contribution in [0.25, 0.3) is 10.2 Å². The van der Waals surface area contributed by atoms with E-state index >= 15 is 0 Å². The highest BCUT2D eigenvalue weighted by molar-refractivity contribution is 7.17. The Morgan fingerprint density at radius 3 is 3.00 bits per heavy atom. The number of nitrogens with zero attached hydrogens (tertiary/aromatic N) is 1. The summed E-state index contributed by atoms with van der Waals surface area (Å²) in [7, 11) is 0. The molecule has 13 heavy (non-hydrogen) atoms. The molecular weight excluding hydrogens is 189 g/mol. The predicted molar refractivity (Wildman–Crippen MR) is 50.2 cm³/mol. The lowest BCUT2D eigenvalue weighted by Crippen LogP contribution is -1.93. The van der Waals surface area contributed by atoms with Crippen LogP contribution in [0.15, 0.2) is 18.2 Å². The lowest BCUT2D eigenvalue weighted by Gasteiger charge is -2.01. The van der Waals surface area contributed by atoms with Gasteiger partial charge in [-0.2, -0.15) is 4.39 Å². The summed E-state index contributed by atoms with van der Waals surface area (Å²) in [4.78, 5) is 4.76. The molecule has 0 radical (unpaired) electrons. The quantitative estimate of drug-likeness (QED) is 0.761. The number of aromatic nitrogens is 1. The van der Waals surface area contributed by atoms with E-state index in [1.54, 1.807) is 19.1 Å². The molecule has 0 aromatic carbocycles. The number of thiophene rings is 1. The topological polar surface area (TPSA) is 33.1 Å². The predicted octanol–water partition coefficient (Wildman–Crippen LogP) is 2.49. The molecule has 0 aliphatic heterocycles. The van der Waals surface area contributed by atoms with Crippen LogP contribution in [0, 0.1) is 5.13 Å². The van der Waals surface area contributed by atoms with Gasteiger partial charge in [-0.1, -0.05) is 11.3 Å². The smallest absolute Gasteiger partial charge is 0.179 e. The zero-order valence-electron chi connectivity index (χ0n) is 6.99. The average Bonchev–Trinajstić information content (AvgIpc) is 2.42. The standard InChI is InChI=1S/C9H8FNOS/c1-5(12)7-3-2-6-4-8(10)13-9(6)11-7/h2-5,12H,1H3. The van der Waals surface area contributed by atoms with Gasteiger partial charge >= 0.3 is 0 Å². The van der Waals surface area contributed by atoms with E-state index in [9.17, 15) is 9.50 Å². The molecule has 0 spiro atoms. The first-order valence-corrected chi connectivity index (χ1v) is 4.72. The van der Waals surface area contributed by atoms with Crippen LogP contribution in [0.5, 0.6) is 0 Å². The number of rotatable bonds is 1. The van der Waals surface area contributed by atoms with Gasteiger partial charge in [-0.3, -0.25) is 0 Å². The molecule has 2 rings (SSSR count). The van der Waals surface area contributed by atoms with Gasteiger partial charge in [0, 0.05) is 5.39 Å². The average molecular weight is 197 g/mol. The van der Waals surface area contributed by atoms with Crippen LogP contribution in [0.4, 0.5) is 4.39 Å². The van der Waals surface area contributed by atoms with Crippen LogP contribution in [0.1, 0.15) is 18.7 Å². The lowest BCUT2D eigenvalue weighted by molar-refractivity contribution is 0.195. The lowest BCUT2D eigenvalue weighted by atomic mass is 10.2. The van der Waals surface area contributed by atoms with Crippen molar-refractivity contribution < 1.29 is 9.50 Å². The number of aliphatic hydroxyl groups is 1. The van der Waals surface area contributed by atoms with Gasteiger partial charge in [0.25, 0.3) is 0 Å². The Balaban J connectivity index is 2.61. The van der Waals surface area contributed by atoms with E-state index in [1.807, 2.05) is 0 Å². The van der Waals surface area contributed by atoms with Crippen molar-refractivity contribution in [3.63, 3.8) is 0 Å². The zero-order chi connectivity index (χ0) is 9.42. The largest absolute Gasteiger partial charge is 0.387 e. The number of fused-ring (bicyclic) bond motifs is 1. The maximum absolute atomic E-state index is 12.8. The van der Waals surface area contributed by atoms with Crippen LogP contribution in [0.3, 0.4) is 0 Å². The molecule has 0 saturated carbocycles. The Labute approximate surface area is 78.7 Å². The van der Waals surface area contributed by atoms with Crippen molar-refractivity contribution in [2.24, 2.45) is 0 Å². The van der Waals surface area contributed by atoms with Gasteiger partial charge in [0.05, 0.1) is 11.8 Å². The van der Waals surface area contributed by atoms with Gasteiger partial charge in [0.1, 0.15) is 4.83 Å². The Morgan fingerprint density at radius 2 is 2.31 bits per heavy atom. The van der Waals surface area contributed by atoms with Crippen LogP contribution >= 0.6 is 11.3 Å². The third-order valence-electron chi connectivity index (χ3n) is 1.80. The number of hydrogen-bond acceptors (Lipinski definition) is 3. The van der Waals surface area contributed by atoms with E-state index in [4.69, 9.17) is 0 Å². The first-order chi connectivity index (χ1) is 6.16. The van der Waals surface area contributed by atoms with E-state index in [0.29, 0.717) is 10.5 Å². The molecule has 2 aromatic heterocycles. The van der Waals surface area contributed by atoms with E-state index in [-0.39, 0.29) is 5.13 Å². The monoisotopic (exact) mass is 197 g/mol. The fraction of sp³-hybridized carbons (Fsp3) is 0.222. The summed E-state index contributed by atoms with van der Waals surface area (Å²) >= 11 is 0.995. The summed E-state index contributed by atoms with van der Waals surface area (Å²) in [5, 5.41) is 9.78. The van der Waals surface area contributed by atoms with Crippen LogP contribution in [-0.4, -0.2) is 10.1 Å². The Hall–Kier alpha value is -1.00. The Morgan fingerprint density at radius 1 is 1.54 bits per heavy atom. The Kier molecular flexibility index (Phi) is 2.01. The van der Waals surface area contributed by atoms with Crippen molar-refractivity contribution in [3.8, 4) is 0 Å². The normalized spacial score (nSPS) is 13.5. The molecule has 68 valence electrons. The molecule has 0 aliphatic carbocycles. The maximum Gasteiger partial charge on any atom is 0.179 e. The van der Waals surface area contributed by atoms with Gasteiger partial charge in [0.2, 0.25) is 0 Å². The molecule has 4 heteroatoms. The molecule has 1 unspecified atom stereocenters. The highest BCUT2D eigenvalue weighted by Gasteiger charge is 2.06. The third kappa shape index (κ3) is 1.55. The molecule has 2 heterocycles. The minimum absolute atomic E-state index is 0.245. The van der Waals surface area contributed by atoms with Crippen molar-refractivity contribution in [1.82, 2.24) is 4.98 Å². The van der Waals surface area contributed by atoms with Crippen LogP contribution < -0.4 is 0 Å². The fourth-order valence-electron chi connectivity index (χ4n) is 1.13. The Bertz CT molecular complexity index is 438. The number of pyridine rings is 1. The van der Waals surface area contributed by atoms with Crippen molar-refractivity contribution >= 4 is 21.6 Å². The summed E-state index contributed by atoms with van der Waals surface area (Å²) in [6.45, 7) is 1.64. The SMILES string of the molecule is CC(O)c1ccc2cc(F)sc2n1. The van der Waals surface area contributed by atoms with E-state index < -0.39 is 6.10 Å². The number of hydrogen-bond donors (Lipinski definition) is 1. The second kappa shape index (κ2) is 3.05. The summed E-state index contributed by atoms with van der Waals surface area (Å²) < 4.78 is 12.8. The first kappa shape index (κ1) is 8.59. The van der Waals surface area contributed by atoms with E-state index in [0.717, 1.165) is 16.7 Å². The zero-order valence-corrected chi connectivity index (χ0v) is 7.81. The highest BCUT2D eigenvalue weighted by atomic mass is 32.1. The third-order valence-corrected chi connectivity index (χ3v) is 2.64. The van der Waals surface area contributed by atoms with Gasteiger partial charge < -0.3 is 5.11 Å². The second-order valence-electron chi connectivity index (χ2n) is 2.86. The van der Waals surface area contributed by atoms with Gasteiger partial charge in [-0.05, 0) is 25.1 Å². The molecule has 0 amide bonds. The van der Waals surface area contributed by atoms with Crippen molar-refractivity contribution in [3.05, 3.63) is 29.0 Å². The second-order valence-corrected chi connectivity index (χ2v) is 3.84. The van der Waals surface area contributed by atoms with Gasteiger partial charge in [-0.25, -0.2) is 4.98 Å². The summed E-state index contributed by atoms with van der Waals surface area (Å²) in [5.74, 6) is 0. The number of aliphatic hydroxyl groups excluding tert-OH is 1. The molecule has 0 aliphatic rings. The summed E-state index contributed by atoms with van der Waals surface area (Å²) in [5.41, 5.74) is 0.578.